The lowest BCUT2D eigenvalue weighted by Crippen LogP contribution is -2.49. The number of hydrogen-bond acceptors (Lipinski definition) is 8. The van der Waals surface area contributed by atoms with Gasteiger partial charge in [0.1, 0.15) is 18.3 Å². The molecule has 0 aliphatic heterocycles. The maximum Gasteiger partial charge on any atom is 0.330 e. The molecule has 0 heterocycles. The Hall–Kier alpha value is -1.03. The minimum Gasteiger partial charge on any atom is -0.453 e. The van der Waals surface area contributed by atoms with Crippen LogP contribution in [0, 0.1) is 0 Å². The minimum atomic E-state index is -1.76. The van der Waals surface area contributed by atoms with E-state index < -0.39 is 49.7 Å². The maximum absolute atomic E-state index is 11.7. The smallest absolute Gasteiger partial charge is 0.330 e. The van der Waals surface area contributed by atoms with Gasteiger partial charge in [-0.15, -0.1) is 0 Å². The summed E-state index contributed by atoms with van der Waals surface area (Å²) in [5.41, 5.74) is 0. The Morgan fingerprint density at radius 1 is 1.04 bits per heavy atom. The zero-order valence-electron chi connectivity index (χ0n) is 14.0. The molecule has 142 valence electrons. The summed E-state index contributed by atoms with van der Waals surface area (Å²) in [7, 11) is 0. The van der Waals surface area contributed by atoms with Crippen molar-refractivity contribution < 1.29 is 40.2 Å². The Balaban J connectivity index is 4.47. The molecule has 24 heavy (non-hydrogen) atoms. The summed E-state index contributed by atoms with van der Waals surface area (Å²) < 4.78 is 4.83. The molecule has 0 bridgehead atoms. The standard InChI is InChI=1S/C16H30O8/c1-2-3-4-6-11(19)7-5-8-14(22)24-16(13(21)10-18)15(23)12(20)9-17/h5,8,11-13,15-21,23H,2-4,6-7,9-10H2,1H3/b8-5+/t11?,12-,13-,15-,16-/m1/s1. The summed E-state index contributed by atoms with van der Waals surface area (Å²) in [4.78, 5) is 11.7. The van der Waals surface area contributed by atoms with Crippen LogP contribution in [0.5, 0.6) is 0 Å². The first-order valence-electron chi connectivity index (χ1n) is 8.18. The van der Waals surface area contributed by atoms with E-state index in [1.54, 1.807) is 0 Å². The van der Waals surface area contributed by atoms with Crippen molar-refractivity contribution in [2.45, 2.75) is 69.5 Å². The SMILES string of the molecule is CCCCCC(O)C/C=C/C(=O)O[C@@H]([C@H](O)[C@H](O)CO)[C@H](O)CO. The van der Waals surface area contributed by atoms with Crippen molar-refractivity contribution in [1.29, 1.82) is 0 Å². The molecule has 8 nitrogen and oxygen atoms in total. The van der Waals surface area contributed by atoms with Crippen LogP contribution in [0.2, 0.25) is 0 Å². The third-order valence-corrected chi connectivity index (χ3v) is 3.54. The largest absolute Gasteiger partial charge is 0.453 e. The van der Waals surface area contributed by atoms with Gasteiger partial charge in [0.15, 0.2) is 6.10 Å². The van der Waals surface area contributed by atoms with Crippen molar-refractivity contribution in [1.82, 2.24) is 0 Å². The van der Waals surface area contributed by atoms with Gasteiger partial charge in [-0.1, -0.05) is 32.3 Å². The lowest BCUT2D eigenvalue weighted by molar-refractivity contribution is -0.171. The number of aliphatic hydroxyl groups excluding tert-OH is 6. The number of hydrogen-bond donors (Lipinski definition) is 6. The van der Waals surface area contributed by atoms with Gasteiger partial charge in [-0.25, -0.2) is 4.79 Å². The van der Waals surface area contributed by atoms with E-state index >= 15 is 0 Å². The fourth-order valence-electron chi connectivity index (χ4n) is 2.05. The van der Waals surface area contributed by atoms with E-state index in [1.165, 1.54) is 6.08 Å². The number of unbranched alkanes of at least 4 members (excludes halogenated alkanes) is 2. The fourth-order valence-corrected chi connectivity index (χ4v) is 2.05. The van der Waals surface area contributed by atoms with Crippen molar-refractivity contribution >= 4 is 5.97 Å². The number of aliphatic hydroxyl groups is 6. The average Bonchev–Trinajstić information content (AvgIpc) is 2.57. The predicted molar refractivity (Wildman–Crippen MR) is 86.0 cm³/mol. The molecule has 5 atom stereocenters. The van der Waals surface area contributed by atoms with Gasteiger partial charge >= 0.3 is 5.97 Å². The zero-order chi connectivity index (χ0) is 18.5. The fraction of sp³-hybridized carbons (Fsp3) is 0.812. The molecule has 0 aromatic carbocycles. The Bertz CT molecular complexity index is 360. The van der Waals surface area contributed by atoms with E-state index in [9.17, 15) is 25.2 Å². The number of rotatable bonds is 13. The molecule has 0 aliphatic carbocycles. The van der Waals surface area contributed by atoms with E-state index in [1.807, 2.05) is 0 Å². The first kappa shape index (κ1) is 23.0. The summed E-state index contributed by atoms with van der Waals surface area (Å²) >= 11 is 0. The quantitative estimate of drug-likeness (QED) is 0.139. The molecular formula is C16H30O8. The molecule has 0 aromatic rings. The van der Waals surface area contributed by atoms with Gasteiger partial charge < -0.3 is 35.4 Å². The second-order valence-electron chi connectivity index (χ2n) is 5.68. The van der Waals surface area contributed by atoms with Crippen LogP contribution in [-0.4, -0.2) is 80.3 Å². The third-order valence-electron chi connectivity index (χ3n) is 3.54. The van der Waals surface area contributed by atoms with Crippen LogP contribution in [0.3, 0.4) is 0 Å². The maximum atomic E-state index is 11.7. The van der Waals surface area contributed by atoms with E-state index in [0.717, 1.165) is 25.3 Å². The zero-order valence-corrected chi connectivity index (χ0v) is 14.0. The van der Waals surface area contributed by atoms with Gasteiger partial charge in [0.05, 0.1) is 19.3 Å². The molecule has 0 saturated heterocycles. The highest BCUT2D eigenvalue weighted by atomic mass is 16.6. The summed E-state index contributed by atoms with van der Waals surface area (Å²) in [6.45, 7) is 0.460. The average molecular weight is 350 g/mol. The molecule has 0 rings (SSSR count). The molecule has 8 heteroatoms. The van der Waals surface area contributed by atoms with Crippen molar-refractivity contribution in [3.63, 3.8) is 0 Å². The van der Waals surface area contributed by atoms with Crippen LogP contribution in [-0.2, 0) is 9.53 Å². The Labute approximate surface area is 142 Å². The van der Waals surface area contributed by atoms with Crippen molar-refractivity contribution in [2.75, 3.05) is 13.2 Å². The Kier molecular flexibility index (Phi) is 12.7. The Morgan fingerprint density at radius 2 is 1.67 bits per heavy atom. The molecule has 6 N–H and O–H groups in total. The van der Waals surface area contributed by atoms with Crippen LogP contribution in [0.15, 0.2) is 12.2 Å². The number of ether oxygens (including phenoxy) is 1. The number of carbonyl (C=O) groups excluding carboxylic acids is 1. The topological polar surface area (TPSA) is 148 Å². The van der Waals surface area contributed by atoms with Crippen molar-refractivity contribution in [3.05, 3.63) is 12.2 Å². The second kappa shape index (κ2) is 13.3. The van der Waals surface area contributed by atoms with Crippen LogP contribution >= 0.6 is 0 Å². The van der Waals surface area contributed by atoms with Crippen molar-refractivity contribution in [3.8, 4) is 0 Å². The monoisotopic (exact) mass is 350 g/mol. The van der Waals surface area contributed by atoms with Crippen LogP contribution < -0.4 is 0 Å². The minimum absolute atomic E-state index is 0.258. The van der Waals surface area contributed by atoms with Gasteiger partial charge in [0, 0.05) is 6.08 Å². The molecule has 0 aromatic heterocycles. The molecule has 0 fully saturated rings. The molecule has 0 radical (unpaired) electrons. The molecule has 0 aliphatic rings. The molecule has 0 saturated carbocycles. The van der Waals surface area contributed by atoms with E-state index in [2.05, 4.69) is 6.92 Å². The van der Waals surface area contributed by atoms with Gasteiger partial charge in [-0.2, -0.15) is 0 Å². The summed E-state index contributed by atoms with van der Waals surface area (Å²) in [5.74, 6) is -0.905. The number of carbonyl (C=O) groups is 1. The predicted octanol–water partition coefficient (Wildman–Crippen LogP) is -1.15. The van der Waals surface area contributed by atoms with Gasteiger partial charge in [-0.05, 0) is 12.8 Å². The van der Waals surface area contributed by atoms with Gasteiger partial charge in [0.2, 0.25) is 0 Å². The van der Waals surface area contributed by atoms with E-state index in [0.29, 0.717) is 6.42 Å². The first-order chi connectivity index (χ1) is 11.4. The highest BCUT2D eigenvalue weighted by molar-refractivity contribution is 5.82. The van der Waals surface area contributed by atoms with Crippen LogP contribution in [0.4, 0.5) is 0 Å². The highest BCUT2D eigenvalue weighted by Crippen LogP contribution is 2.11. The van der Waals surface area contributed by atoms with E-state index in [-0.39, 0.29) is 6.42 Å². The molecular weight excluding hydrogens is 320 g/mol. The van der Waals surface area contributed by atoms with Crippen LogP contribution in [0.1, 0.15) is 39.0 Å². The highest BCUT2D eigenvalue weighted by Gasteiger charge is 2.34. The van der Waals surface area contributed by atoms with Gasteiger partial charge in [-0.3, -0.25) is 0 Å². The lowest BCUT2D eigenvalue weighted by Gasteiger charge is -2.28. The molecule has 0 amide bonds. The lowest BCUT2D eigenvalue weighted by atomic mass is 10.0. The first-order valence-corrected chi connectivity index (χ1v) is 8.18. The molecule has 1 unspecified atom stereocenters. The van der Waals surface area contributed by atoms with Crippen molar-refractivity contribution in [2.24, 2.45) is 0 Å². The third kappa shape index (κ3) is 9.31. The Morgan fingerprint density at radius 3 is 2.21 bits per heavy atom. The van der Waals surface area contributed by atoms with Crippen LogP contribution in [0.25, 0.3) is 0 Å². The molecule has 0 spiro atoms. The van der Waals surface area contributed by atoms with Gasteiger partial charge in [0.25, 0.3) is 0 Å². The normalized spacial score (nSPS) is 18.1. The second-order valence-corrected chi connectivity index (χ2v) is 5.68. The summed E-state index contributed by atoms with van der Waals surface area (Å²) in [5, 5.41) is 56.1. The van der Waals surface area contributed by atoms with E-state index in [4.69, 9.17) is 14.9 Å². The summed E-state index contributed by atoms with van der Waals surface area (Å²) in [6.07, 6.45) is -0.861. The number of esters is 1. The summed E-state index contributed by atoms with van der Waals surface area (Å²) in [6, 6.07) is 0.